The number of fused-ring (bicyclic) bond motifs is 1. The molecule has 0 saturated carbocycles. The fourth-order valence-corrected chi connectivity index (χ4v) is 2.92. The van der Waals surface area contributed by atoms with Crippen molar-refractivity contribution in [1.82, 2.24) is 9.55 Å². The van der Waals surface area contributed by atoms with E-state index in [0.717, 1.165) is 12.2 Å². The largest absolute Gasteiger partial charge is 0.488 e. The third-order valence-corrected chi connectivity index (χ3v) is 4.88. The van der Waals surface area contributed by atoms with Crippen molar-refractivity contribution in [2.75, 3.05) is 0 Å². The van der Waals surface area contributed by atoms with Crippen LogP contribution in [0.5, 0.6) is 5.75 Å². The van der Waals surface area contributed by atoms with Crippen LogP contribution in [-0.4, -0.2) is 15.7 Å². The maximum atomic E-state index is 12.1. The summed E-state index contributed by atoms with van der Waals surface area (Å²) in [5.41, 5.74) is 2.29. The number of hydrogen-bond donors (Lipinski definition) is 0. The van der Waals surface area contributed by atoms with E-state index >= 15 is 0 Å². The fraction of sp³-hybridized carbons (Fsp3) is 0.286. The van der Waals surface area contributed by atoms with Gasteiger partial charge in [-0.2, -0.15) is 0 Å². The summed E-state index contributed by atoms with van der Waals surface area (Å²) < 4.78 is 7.86. The first-order chi connectivity index (χ1) is 9.54. The Kier molecular flexibility index (Phi) is 3.72. The molecule has 0 spiro atoms. The van der Waals surface area contributed by atoms with Crippen LogP contribution in [0.15, 0.2) is 29.3 Å². The minimum absolute atomic E-state index is 0.0386. The van der Waals surface area contributed by atoms with Crippen molar-refractivity contribution in [3.05, 3.63) is 54.7 Å². The number of hydrogen-bond acceptors (Lipinski definition) is 3. The zero-order valence-electron chi connectivity index (χ0n) is 10.8. The van der Waals surface area contributed by atoms with Gasteiger partial charge in [-0.25, -0.2) is 4.98 Å². The van der Waals surface area contributed by atoms with Crippen LogP contribution >= 0.6 is 34.2 Å². The van der Waals surface area contributed by atoms with Gasteiger partial charge in [-0.05, 0) is 41.1 Å². The van der Waals surface area contributed by atoms with Gasteiger partial charge in [-0.1, -0.05) is 29.3 Å². The predicted molar refractivity (Wildman–Crippen MR) is 85.5 cm³/mol. The molecule has 0 radical (unpaired) electrons. The highest BCUT2D eigenvalue weighted by molar-refractivity contribution is 14.1. The molecule has 0 amide bonds. The predicted octanol–water partition coefficient (Wildman–Crippen LogP) is 2.81. The Morgan fingerprint density at radius 2 is 2.35 bits per heavy atom. The molecule has 20 heavy (non-hydrogen) atoms. The molecule has 1 aliphatic rings. The first-order valence-electron chi connectivity index (χ1n) is 6.21. The molecule has 1 aromatic heterocycles. The smallest absolute Gasteiger partial charge is 0.268 e. The molecule has 0 fully saturated rings. The van der Waals surface area contributed by atoms with Gasteiger partial charge in [0.2, 0.25) is 0 Å². The van der Waals surface area contributed by atoms with Crippen LogP contribution in [0.2, 0.25) is 5.15 Å². The Bertz CT molecular complexity index is 730. The topological polar surface area (TPSA) is 44.1 Å². The normalized spacial score (nSPS) is 16.9. The lowest BCUT2D eigenvalue weighted by Crippen LogP contribution is -2.30. The molecule has 2 aromatic rings. The summed E-state index contributed by atoms with van der Waals surface area (Å²) in [6.07, 6.45) is 2.25. The average molecular weight is 403 g/mol. The maximum Gasteiger partial charge on any atom is 0.268 e. The highest BCUT2D eigenvalue weighted by Crippen LogP contribution is 2.29. The van der Waals surface area contributed by atoms with Gasteiger partial charge in [0, 0.05) is 6.42 Å². The van der Waals surface area contributed by atoms with Crippen LogP contribution < -0.4 is 10.3 Å². The Balaban J connectivity index is 1.82. The summed E-state index contributed by atoms with van der Waals surface area (Å²) in [7, 11) is 0. The van der Waals surface area contributed by atoms with E-state index in [0.29, 0.717) is 10.1 Å². The summed E-state index contributed by atoms with van der Waals surface area (Å²) in [5, 5.41) is 0.248. The maximum absolute atomic E-state index is 12.1. The van der Waals surface area contributed by atoms with E-state index in [1.54, 1.807) is 4.57 Å². The minimum Gasteiger partial charge on any atom is -0.488 e. The van der Waals surface area contributed by atoms with Crippen molar-refractivity contribution in [2.45, 2.75) is 26.0 Å². The second-order valence-corrected chi connectivity index (χ2v) is 6.30. The second-order valence-electron chi connectivity index (χ2n) is 4.86. The molecule has 1 unspecified atom stereocenters. The second kappa shape index (κ2) is 5.37. The van der Waals surface area contributed by atoms with Crippen molar-refractivity contribution in [3.8, 4) is 5.75 Å². The summed E-state index contributed by atoms with van der Waals surface area (Å²) in [4.78, 5) is 16.1. The average Bonchev–Trinajstić information content (AvgIpc) is 2.81. The molecule has 2 heterocycles. The summed E-state index contributed by atoms with van der Waals surface area (Å²) in [5.74, 6) is 0.908. The molecule has 0 N–H and O–H groups in total. The van der Waals surface area contributed by atoms with E-state index in [4.69, 9.17) is 16.3 Å². The van der Waals surface area contributed by atoms with Crippen molar-refractivity contribution >= 4 is 34.2 Å². The molecule has 1 aliphatic heterocycles. The lowest BCUT2D eigenvalue weighted by atomic mass is 10.1. The van der Waals surface area contributed by atoms with E-state index in [1.165, 1.54) is 17.5 Å². The number of aryl methyl sites for hydroxylation is 1. The lowest BCUT2D eigenvalue weighted by Gasteiger charge is -2.12. The van der Waals surface area contributed by atoms with E-state index in [9.17, 15) is 4.79 Å². The Morgan fingerprint density at radius 1 is 1.55 bits per heavy atom. The molecule has 6 heteroatoms. The van der Waals surface area contributed by atoms with E-state index < -0.39 is 0 Å². The molecular weight excluding hydrogens is 391 g/mol. The van der Waals surface area contributed by atoms with Crippen molar-refractivity contribution in [2.24, 2.45) is 0 Å². The van der Waals surface area contributed by atoms with E-state index in [2.05, 4.69) is 18.0 Å². The summed E-state index contributed by atoms with van der Waals surface area (Å²) >= 11 is 7.75. The van der Waals surface area contributed by atoms with Crippen molar-refractivity contribution in [1.29, 1.82) is 0 Å². The zero-order valence-corrected chi connectivity index (χ0v) is 13.7. The van der Waals surface area contributed by atoms with Gasteiger partial charge in [0.15, 0.2) is 0 Å². The molecule has 3 rings (SSSR count). The van der Waals surface area contributed by atoms with Gasteiger partial charge in [0.25, 0.3) is 5.56 Å². The number of nitrogens with zero attached hydrogens (tertiary/aromatic N) is 2. The molecule has 1 aromatic carbocycles. The highest BCUT2D eigenvalue weighted by atomic mass is 127. The van der Waals surface area contributed by atoms with Gasteiger partial charge >= 0.3 is 0 Å². The number of rotatable bonds is 2. The van der Waals surface area contributed by atoms with Gasteiger partial charge in [-0.3, -0.25) is 9.36 Å². The van der Waals surface area contributed by atoms with Crippen LogP contribution in [0.1, 0.15) is 11.1 Å². The Hall–Kier alpha value is -1.08. The van der Waals surface area contributed by atoms with Crippen LogP contribution in [0.25, 0.3) is 0 Å². The quantitative estimate of drug-likeness (QED) is 0.573. The van der Waals surface area contributed by atoms with Crippen LogP contribution in [0, 0.1) is 10.5 Å². The number of aromatic nitrogens is 2. The highest BCUT2D eigenvalue weighted by Gasteiger charge is 2.24. The van der Waals surface area contributed by atoms with Gasteiger partial charge in [-0.15, -0.1) is 0 Å². The van der Waals surface area contributed by atoms with Gasteiger partial charge in [0.1, 0.15) is 20.6 Å². The third-order valence-electron chi connectivity index (χ3n) is 3.30. The first kappa shape index (κ1) is 13.9. The number of ether oxygens (including phenoxy) is 1. The molecule has 104 valence electrons. The van der Waals surface area contributed by atoms with Crippen molar-refractivity contribution < 1.29 is 4.74 Å². The van der Waals surface area contributed by atoms with Gasteiger partial charge < -0.3 is 4.74 Å². The lowest BCUT2D eigenvalue weighted by molar-refractivity contribution is 0.207. The summed E-state index contributed by atoms with van der Waals surface area (Å²) in [6.45, 7) is 2.54. The van der Waals surface area contributed by atoms with E-state index in [-0.39, 0.29) is 16.8 Å². The minimum atomic E-state index is -0.124. The van der Waals surface area contributed by atoms with Gasteiger partial charge in [0.05, 0.1) is 12.9 Å². The van der Waals surface area contributed by atoms with Crippen LogP contribution in [-0.2, 0) is 13.0 Å². The Morgan fingerprint density at radius 3 is 3.15 bits per heavy atom. The zero-order chi connectivity index (χ0) is 14.3. The summed E-state index contributed by atoms with van der Waals surface area (Å²) in [6, 6.07) is 6.14. The monoisotopic (exact) mass is 402 g/mol. The number of benzene rings is 1. The Labute approximate surface area is 134 Å². The fourth-order valence-electron chi connectivity index (χ4n) is 2.34. The van der Waals surface area contributed by atoms with E-state index in [1.807, 2.05) is 34.7 Å². The molecule has 0 saturated heterocycles. The molecule has 1 atom stereocenters. The van der Waals surface area contributed by atoms with Crippen molar-refractivity contribution in [3.63, 3.8) is 0 Å². The standard InChI is InChI=1S/C14H12ClIN2O2/c1-8-2-3-11-9(4-8)5-10(20-11)6-18-7-17-13(15)12(16)14(18)19/h2-4,7,10H,5-6H2,1H3. The molecular formula is C14H12ClIN2O2. The first-order valence-corrected chi connectivity index (χ1v) is 7.67. The SMILES string of the molecule is Cc1ccc2c(c1)CC(Cn1cnc(Cl)c(I)c1=O)O2. The molecule has 0 bridgehead atoms. The molecule has 0 aliphatic carbocycles. The van der Waals surface area contributed by atoms with Crippen LogP contribution in [0.3, 0.4) is 0 Å². The molecule has 4 nitrogen and oxygen atoms in total. The van der Waals surface area contributed by atoms with Crippen LogP contribution in [0.4, 0.5) is 0 Å². The number of halogens is 2. The third kappa shape index (κ3) is 2.56.